The molecule has 0 amide bonds. The van der Waals surface area contributed by atoms with Gasteiger partial charge in [-0.05, 0) is 72.4 Å². The van der Waals surface area contributed by atoms with Gasteiger partial charge in [-0.1, -0.05) is 152 Å². The Morgan fingerprint density at radius 1 is 0.304 bits per heavy atom. The molecule has 0 aliphatic carbocycles. The second-order valence-corrected chi connectivity index (χ2v) is 11.8. The predicted molar refractivity (Wildman–Crippen MR) is 194 cm³/mol. The van der Waals surface area contributed by atoms with Gasteiger partial charge in [0.2, 0.25) is 0 Å². The fraction of sp³-hybridized carbons (Fsp3) is 0. The van der Waals surface area contributed by atoms with Gasteiger partial charge < -0.3 is 0 Å². The van der Waals surface area contributed by atoms with E-state index in [-0.39, 0.29) is 0 Å². The summed E-state index contributed by atoms with van der Waals surface area (Å²) in [6.45, 7) is 0. The van der Waals surface area contributed by atoms with Crippen LogP contribution in [0.4, 0.5) is 0 Å². The zero-order valence-electron chi connectivity index (χ0n) is 25.1. The van der Waals surface area contributed by atoms with Crippen LogP contribution < -0.4 is 0 Å². The SMILES string of the molecule is c1ccc(-c2nc(-c3ccc(-c4ccc5ccccc5c4)cc3)cc(-c3c4ccccc4cc4ccc5ccccc5c34)n2)cc1. The summed E-state index contributed by atoms with van der Waals surface area (Å²) in [6.07, 6.45) is 0. The summed E-state index contributed by atoms with van der Waals surface area (Å²) in [4.78, 5) is 10.4. The minimum atomic E-state index is 0.716. The van der Waals surface area contributed by atoms with Crippen LogP contribution in [-0.2, 0) is 0 Å². The topological polar surface area (TPSA) is 25.8 Å². The van der Waals surface area contributed by atoms with Crippen molar-refractivity contribution < 1.29 is 0 Å². The Balaban J connectivity index is 1.27. The van der Waals surface area contributed by atoms with Crippen LogP contribution in [0.15, 0.2) is 170 Å². The number of nitrogens with zero attached hydrogens (tertiary/aromatic N) is 2. The average Bonchev–Trinajstić information content (AvgIpc) is 3.14. The number of hydrogen-bond acceptors (Lipinski definition) is 2. The van der Waals surface area contributed by atoms with Crippen LogP contribution in [0, 0.1) is 0 Å². The minimum absolute atomic E-state index is 0.716. The van der Waals surface area contributed by atoms with Gasteiger partial charge in [0.1, 0.15) is 0 Å². The Hall–Kier alpha value is -6.12. The molecule has 0 radical (unpaired) electrons. The second-order valence-electron chi connectivity index (χ2n) is 11.8. The highest BCUT2D eigenvalue weighted by Crippen LogP contribution is 2.41. The Morgan fingerprint density at radius 2 is 0.891 bits per heavy atom. The molecule has 9 aromatic rings. The monoisotopic (exact) mass is 584 g/mol. The second kappa shape index (κ2) is 10.8. The molecule has 0 saturated carbocycles. The first-order valence-electron chi connectivity index (χ1n) is 15.7. The van der Waals surface area contributed by atoms with Crippen molar-refractivity contribution in [3.05, 3.63) is 170 Å². The fourth-order valence-electron chi connectivity index (χ4n) is 6.75. The summed E-state index contributed by atoms with van der Waals surface area (Å²) in [5, 5.41) is 9.73. The highest BCUT2D eigenvalue weighted by atomic mass is 14.9. The van der Waals surface area contributed by atoms with Gasteiger partial charge in [-0.3, -0.25) is 0 Å². The molecule has 0 spiro atoms. The van der Waals surface area contributed by atoms with E-state index in [2.05, 4.69) is 152 Å². The molecule has 0 unspecified atom stereocenters. The molecule has 2 nitrogen and oxygen atoms in total. The van der Waals surface area contributed by atoms with E-state index in [9.17, 15) is 0 Å². The van der Waals surface area contributed by atoms with Gasteiger partial charge in [0.25, 0.3) is 0 Å². The Kier molecular flexibility index (Phi) is 6.17. The van der Waals surface area contributed by atoms with Crippen LogP contribution in [0.25, 0.3) is 88.1 Å². The van der Waals surface area contributed by atoms with Crippen LogP contribution in [0.1, 0.15) is 0 Å². The van der Waals surface area contributed by atoms with Crippen molar-refractivity contribution in [1.29, 1.82) is 0 Å². The summed E-state index contributed by atoms with van der Waals surface area (Å²) in [6, 6.07) is 60.4. The summed E-state index contributed by atoms with van der Waals surface area (Å²) in [5.41, 5.74) is 7.38. The third kappa shape index (κ3) is 4.51. The average molecular weight is 585 g/mol. The smallest absolute Gasteiger partial charge is 0.160 e. The Bertz CT molecular complexity index is 2570. The standard InChI is InChI=1S/C44H28N2/c1-2-12-33(13-3-1)44-45-40(32-22-18-30(19-23-32)35-24-20-29-10-4-5-14-34(29)26-35)28-41(46-44)43-39-17-9-7-15-36(39)27-37-25-21-31-11-6-8-16-38(31)42(37)43/h1-28H. The molecule has 2 heteroatoms. The molecular weight excluding hydrogens is 556 g/mol. The van der Waals surface area contributed by atoms with E-state index >= 15 is 0 Å². The third-order valence-corrected chi connectivity index (χ3v) is 9.03. The Labute approximate surface area is 267 Å². The third-order valence-electron chi connectivity index (χ3n) is 9.03. The highest BCUT2D eigenvalue weighted by molar-refractivity contribution is 6.21. The van der Waals surface area contributed by atoms with Crippen LogP contribution >= 0.6 is 0 Å². The predicted octanol–water partition coefficient (Wildman–Crippen LogP) is 11.8. The van der Waals surface area contributed by atoms with Crippen molar-refractivity contribution in [2.45, 2.75) is 0 Å². The van der Waals surface area contributed by atoms with Gasteiger partial charge in [0, 0.05) is 16.7 Å². The van der Waals surface area contributed by atoms with Gasteiger partial charge in [-0.15, -0.1) is 0 Å². The number of aromatic nitrogens is 2. The lowest BCUT2D eigenvalue weighted by atomic mass is 9.90. The molecule has 0 aliphatic heterocycles. The quantitative estimate of drug-likeness (QED) is 0.152. The van der Waals surface area contributed by atoms with Gasteiger partial charge in [-0.25, -0.2) is 9.97 Å². The van der Waals surface area contributed by atoms with E-state index in [0.717, 1.165) is 28.1 Å². The summed E-state index contributed by atoms with van der Waals surface area (Å²) >= 11 is 0. The highest BCUT2D eigenvalue weighted by Gasteiger charge is 2.17. The van der Waals surface area contributed by atoms with Gasteiger partial charge >= 0.3 is 0 Å². The van der Waals surface area contributed by atoms with E-state index in [1.54, 1.807) is 0 Å². The molecule has 0 saturated heterocycles. The van der Waals surface area contributed by atoms with Crippen LogP contribution in [0.5, 0.6) is 0 Å². The van der Waals surface area contributed by atoms with E-state index < -0.39 is 0 Å². The summed E-state index contributed by atoms with van der Waals surface area (Å²) < 4.78 is 0. The largest absolute Gasteiger partial charge is 0.228 e. The Morgan fingerprint density at radius 3 is 1.72 bits per heavy atom. The van der Waals surface area contributed by atoms with E-state index in [1.165, 1.54) is 54.2 Å². The number of hydrogen-bond donors (Lipinski definition) is 0. The van der Waals surface area contributed by atoms with Crippen LogP contribution in [0.3, 0.4) is 0 Å². The molecule has 0 fully saturated rings. The maximum absolute atomic E-state index is 5.29. The molecule has 0 N–H and O–H groups in total. The molecular formula is C44H28N2. The van der Waals surface area contributed by atoms with Crippen LogP contribution in [0.2, 0.25) is 0 Å². The maximum Gasteiger partial charge on any atom is 0.160 e. The number of fused-ring (bicyclic) bond motifs is 5. The minimum Gasteiger partial charge on any atom is -0.228 e. The zero-order chi connectivity index (χ0) is 30.5. The molecule has 1 aromatic heterocycles. The summed E-state index contributed by atoms with van der Waals surface area (Å²) in [5.74, 6) is 0.716. The number of rotatable bonds is 4. The van der Waals surface area contributed by atoms with Crippen molar-refractivity contribution in [2.75, 3.05) is 0 Å². The number of benzene rings is 8. The molecule has 214 valence electrons. The van der Waals surface area contributed by atoms with E-state index in [0.29, 0.717) is 5.82 Å². The van der Waals surface area contributed by atoms with E-state index in [1.807, 2.05) is 18.2 Å². The molecule has 8 aromatic carbocycles. The first kappa shape index (κ1) is 26.3. The molecule has 46 heavy (non-hydrogen) atoms. The van der Waals surface area contributed by atoms with Crippen molar-refractivity contribution in [1.82, 2.24) is 9.97 Å². The molecule has 0 atom stereocenters. The fourth-order valence-corrected chi connectivity index (χ4v) is 6.75. The first-order valence-corrected chi connectivity index (χ1v) is 15.7. The van der Waals surface area contributed by atoms with Crippen molar-refractivity contribution in [2.24, 2.45) is 0 Å². The van der Waals surface area contributed by atoms with Gasteiger partial charge in [0.15, 0.2) is 5.82 Å². The normalized spacial score (nSPS) is 11.5. The molecule has 0 aliphatic rings. The molecule has 1 heterocycles. The van der Waals surface area contributed by atoms with Crippen molar-refractivity contribution in [3.8, 4) is 45.0 Å². The van der Waals surface area contributed by atoms with Crippen LogP contribution in [-0.4, -0.2) is 9.97 Å². The van der Waals surface area contributed by atoms with E-state index in [4.69, 9.17) is 9.97 Å². The summed E-state index contributed by atoms with van der Waals surface area (Å²) in [7, 11) is 0. The zero-order valence-corrected chi connectivity index (χ0v) is 25.1. The lowest BCUT2D eigenvalue weighted by Gasteiger charge is -2.16. The van der Waals surface area contributed by atoms with Crippen molar-refractivity contribution in [3.63, 3.8) is 0 Å². The van der Waals surface area contributed by atoms with Gasteiger partial charge in [0.05, 0.1) is 11.4 Å². The molecule has 9 rings (SSSR count). The first-order chi connectivity index (χ1) is 22.8. The maximum atomic E-state index is 5.29. The lowest BCUT2D eigenvalue weighted by molar-refractivity contribution is 1.19. The van der Waals surface area contributed by atoms with Gasteiger partial charge in [-0.2, -0.15) is 0 Å². The molecule has 0 bridgehead atoms. The lowest BCUT2D eigenvalue weighted by Crippen LogP contribution is -1.97. The van der Waals surface area contributed by atoms with Crippen molar-refractivity contribution >= 4 is 43.1 Å².